The second-order valence-electron chi connectivity index (χ2n) is 3.49. The number of sulfonamides is 1. The highest BCUT2D eigenvalue weighted by atomic mass is 32.2. The van der Waals surface area contributed by atoms with Crippen molar-refractivity contribution in [2.45, 2.75) is 32.7 Å². The maximum absolute atomic E-state index is 11.5. The Balaban J connectivity index is 3.81. The minimum absolute atomic E-state index is 0.140. The van der Waals surface area contributed by atoms with E-state index in [1.54, 1.807) is 6.92 Å². The van der Waals surface area contributed by atoms with Crippen molar-refractivity contribution in [2.24, 2.45) is 5.73 Å². The van der Waals surface area contributed by atoms with Crippen LogP contribution in [0.1, 0.15) is 26.7 Å². The van der Waals surface area contributed by atoms with Crippen molar-refractivity contribution in [3.05, 3.63) is 0 Å². The lowest BCUT2D eigenvalue weighted by Crippen LogP contribution is -2.37. The fraction of sp³-hybridized carbons (Fsp3) is 1.00. The SMILES string of the molecule is CCOCC(C)NS(=O)(=O)CCCCN. The number of nitrogens with two attached hydrogens (primary N) is 1. The quantitative estimate of drug-likeness (QED) is 0.557. The van der Waals surface area contributed by atoms with E-state index in [9.17, 15) is 8.42 Å². The van der Waals surface area contributed by atoms with E-state index >= 15 is 0 Å². The Kier molecular flexibility index (Phi) is 7.95. The summed E-state index contributed by atoms with van der Waals surface area (Å²) in [5, 5.41) is 0. The first-order valence-corrected chi connectivity index (χ1v) is 6.95. The number of unbranched alkanes of at least 4 members (excludes halogenated alkanes) is 1. The lowest BCUT2D eigenvalue weighted by atomic mass is 10.3. The van der Waals surface area contributed by atoms with Gasteiger partial charge in [-0.3, -0.25) is 0 Å². The molecule has 0 fully saturated rings. The van der Waals surface area contributed by atoms with Crippen molar-refractivity contribution >= 4 is 10.0 Å². The van der Waals surface area contributed by atoms with Gasteiger partial charge in [0.15, 0.2) is 0 Å². The average Bonchev–Trinajstić information content (AvgIpc) is 2.14. The number of rotatable bonds is 9. The van der Waals surface area contributed by atoms with Gasteiger partial charge < -0.3 is 10.5 Å². The summed E-state index contributed by atoms with van der Waals surface area (Å²) in [7, 11) is -3.17. The zero-order valence-electron chi connectivity index (χ0n) is 9.53. The third-order valence-electron chi connectivity index (χ3n) is 1.82. The lowest BCUT2D eigenvalue weighted by Gasteiger charge is -2.13. The monoisotopic (exact) mass is 238 g/mol. The molecule has 92 valence electrons. The molecule has 0 amide bonds. The largest absolute Gasteiger partial charge is 0.380 e. The van der Waals surface area contributed by atoms with Crippen LogP contribution < -0.4 is 10.5 Å². The summed E-state index contributed by atoms with van der Waals surface area (Å²) in [5.74, 6) is 0.140. The second-order valence-corrected chi connectivity index (χ2v) is 5.37. The van der Waals surface area contributed by atoms with Crippen molar-refractivity contribution in [1.82, 2.24) is 4.72 Å². The van der Waals surface area contributed by atoms with Gasteiger partial charge in [0.1, 0.15) is 0 Å². The Morgan fingerprint density at radius 2 is 2.07 bits per heavy atom. The Hall–Kier alpha value is -0.170. The minimum atomic E-state index is -3.17. The van der Waals surface area contributed by atoms with Gasteiger partial charge in [-0.2, -0.15) is 0 Å². The lowest BCUT2D eigenvalue weighted by molar-refractivity contribution is 0.133. The van der Waals surface area contributed by atoms with Gasteiger partial charge in [-0.15, -0.1) is 0 Å². The Bertz CT molecular complexity index is 242. The molecule has 1 atom stereocenters. The van der Waals surface area contributed by atoms with Gasteiger partial charge in [0.05, 0.1) is 12.4 Å². The molecular formula is C9H22N2O3S. The van der Waals surface area contributed by atoms with Crippen LogP contribution in [0.3, 0.4) is 0 Å². The predicted octanol–water partition coefficient (Wildman–Crippen LogP) is 0.0697. The van der Waals surface area contributed by atoms with Gasteiger partial charge in [-0.05, 0) is 33.2 Å². The van der Waals surface area contributed by atoms with Crippen LogP contribution in [-0.4, -0.2) is 40.0 Å². The molecule has 0 aliphatic heterocycles. The molecule has 0 spiro atoms. The molecule has 0 aliphatic carbocycles. The predicted molar refractivity (Wildman–Crippen MR) is 61.2 cm³/mol. The van der Waals surface area contributed by atoms with Gasteiger partial charge in [0.25, 0.3) is 0 Å². The van der Waals surface area contributed by atoms with Gasteiger partial charge in [0.2, 0.25) is 10.0 Å². The first-order valence-electron chi connectivity index (χ1n) is 5.29. The third kappa shape index (κ3) is 8.80. The molecule has 1 unspecified atom stereocenters. The number of hydrogen-bond donors (Lipinski definition) is 2. The molecule has 0 heterocycles. The van der Waals surface area contributed by atoms with E-state index in [0.29, 0.717) is 26.2 Å². The molecule has 0 radical (unpaired) electrons. The van der Waals surface area contributed by atoms with Gasteiger partial charge in [-0.1, -0.05) is 0 Å². The topological polar surface area (TPSA) is 81.4 Å². The van der Waals surface area contributed by atoms with Crippen molar-refractivity contribution in [3.8, 4) is 0 Å². The first kappa shape index (κ1) is 14.8. The number of nitrogens with one attached hydrogen (secondary N) is 1. The fourth-order valence-corrected chi connectivity index (χ4v) is 2.51. The molecule has 15 heavy (non-hydrogen) atoms. The van der Waals surface area contributed by atoms with Crippen molar-refractivity contribution in [2.75, 3.05) is 25.5 Å². The Morgan fingerprint density at radius 1 is 1.40 bits per heavy atom. The summed E-state index contributed by atoms with van der Waals surface area (Å²) < 4.78 is 30.6. The van der Waals surface area contributed by atoms with E-state index in [2.05, 4.69) is 4.72 Å². The summed E-state index contributed by atoms with van der Waals surface area (Å²) in [4.78, 5) is 0. The highest BCUT2D eigenvalue weighted by Gasteiger charge is 2.13. The molecule has 0 rings (SSSR count). The van der Waals surface area contributed by atoms with Crippen molar-refractivity contribution in [3.63, 3.8) is 0 Å². The van der Waals surface area contributed by atoms with Gasteiger partial charge in [-0.25, -0.2) is 13.1 Å². The summed E-state index contributed by atoms with van der Waals surface area (Å²) in [6.45, 7) is 5.20. The van der Waals surface area contributed by atoms with Gasteiger partial charge >= 0.3 is 0 Å². The van der Waals surface area contributed by atoms with Crippen molar-refractivity contribution < 1.29 is 13.2 Å². The molecule has 6 heteroatoms. The second kappa shape index (κ2) is 8.04. The molecule has 0 bridgehead atoms. The van der Waals surface area contributed by atoms with Crippen LogP contribution in [0.5, 0.6) is 0 Å². The fourth-order valence-electron chi connectivity index (χ4n) is 1.13. The molecule has 0 aromatic heterocycles. The van der Waals surface area contributed by atoms with Crippen LogP contribution in [0.25, 0.3) is 0 Å². The first-order chi connectivity index (χ1) is 7.02. The highest BCUT2D eigenvalue weighted by Crippen LogP contribution is 1.96. The molecule has 0 aliphatic rings. The molecule has 0 aromatic rings. The van der Waals surface area contributed by atoms with Crippen LogP contribution in [0.4, 0.5) is 0 Å². The van der Waals surface area contributed by atoms with Crippen LogP contribution >= 0.6 is 0 Å². The highest BCUT2D eigenvalue weighted by molar-refractivity contribution is 7.89. The number of hydrogen-bond acceptors (Lipinski definition) is 4. The summed E-state index contributed by atoms with van der Waals surface area (Å²) >= 11 is 0. The maximum Gasteiger partial charge on any atom is 0.211 e. The Labute approximate surface area is 92.4 Å². The van der Waals surface area contributed by atoms with E-state index in [4.69, 9.17) is 10.5 Å². The third-order valence-corrected chi connectivity index (χ3v) is 3.41. The summed E-state index contributed by atoms with van der Waals surface area (Å²) in [6, 6.07) is -0.173. The zero-order chi connectivity index (χ0) is 11.7. The Morgan fingerprint density at radius 3 is 2.60 bits per heavy atom. The molecule has 3 N–H and O–H groups in total. The van der Waals surface area contributed by atoms with Gasteiger partial charge in [0, 0.05) is 12.6 Å². The molecular weight excluding hydrogens is 216 g/mol. The number of ether oxygens (including phenoxy) is 1. The van der Waals surface area contributed by atoms with E-state index in [-0.39, 0.29) is 11.8 Å². The smallest absolute Gasteiger partial charge is 0.211 e. The van der Waals surface area contributed by atoms with Crippen LogP contribution in [0.2, 0.25) is 0 Å². The molecule has 5 nitrogen and oxygen atoms in total. The van der Waals surface area contributed by atoms with Crippen molar-refractivity contribution in [1.29, 1.82) is 0 Å². The zero-order valence-corrected chi connectivity index (χ0v) is 10.3. The minimum Gasteiger partial charge on any atom is -0.380 e. The van der Waals surface area contributed by atoms with E-state index < -0.39 is 10.0 Å². The standard InChI is InChI=1S/C9H22N2O3S/c1-3-14-8-9(2)11-15(12,13)7-5-4-6-10/h9,11H,3-8,10H2,1-2H3. The molecule has 0 saturated carbocycles. The summed E-state index contributed by atoms with van der Waals surface area (Å²) in [6.07, 6.45) is 1.34. The van der Waals surface area contributed by atoms with E-state index in [0.717, 1.165) is 6.42 Å². The molecule has 0 aromatic carbocycles. The maximum atomic E-state index is 11.5. The van der Waals surface area contributed by atoms with E-state index in [1.165, 1.54) is 0 Å². The van der Waals surface area contributed by atoms with Crippen LogP contribution in [0, 0.1) is 0 Å². The average molecular weight is 238 g/mol. The van der Waals surface area contributed by atoms with E-state index in [1.807, 2.05) is 6.92 Å². The summed E-state index contributed by atoms with van der Waals surface area (Å²) in [5.41, 5.74) is 5.29. The molecule has 0 saturated heterocycles. The van der Waals surface area contributed by atoms with Crippen LogP contribution in [-0.2, 0) is 14.8 Å². The van der Waals surface area contributed by atoms with Crippen LogP contribution in [0.15, 0.2) is 0 Å². The normalized spacial score (nSPS) is 14.1.